The fourth-order valence-electron chi connectivity index (χ4n) is 4.11. The molecule has 0 radical (unpaired) electrons. The number of rotatable bonds is 11. The number of carbonyl (C=O) groups excluding carboxylic acids is 2. The van der Waals surface area contributed by atoms with E-state index in [0.717, 1.165) is 16.7 Å². The molecule has 0 bridgehead atoms. The van der Waals surface area contributed by atoms with Crippen molar-refractivity contribution in [3.8, 4) is 0 Å². The van der Waals surface area contributed by atoms with Crippen LogP contribution in [0, 0.1) is 0 Å². The Kier molecular flexibility index (Phi) is 9.21. The molecule has 1 aliphatic rings. The molecule has 3 aromatic carbocycles. The lowest BCUT2D eigenvalue weighted by Gasteiger charge is -2.41. The maximum atomic E-state index is 13.0. The number of esters is 1. The molecule has 0 unspecified atom stereocenters. The predicted molar refractivity (Wildman–Crippen MR) is 134 cm³/mol. The molecular weight excluding hydrogens is 458 g/mol. The van der Waals surface area contributed by atoms with Crippen LogP contribution >= 0.6 is 0 Å². The highest BCUT2D eigenvalue weighted by Crippen LogP contribution is 2.26. The van der Waals surface area contributed by atoms with Crippen molar-refractivity contribution in [1.82, 2.24) is 5.32 Å². The topological polar surface area (TPSA) is 83.1 Å². The Morgan fingerprint density at radius 3 is 1.72 bits per heavy atom. The van der Waals surface area contributed by atoms with Crippen LogP contribution in [0.1, 0.15) is 23.6 Å². The molecule has 1 heterocycles. The fraction of sp³-hybridized carbons (Fsp3) is 0.310. The lowest BCUT2D eigenvalue weighted by molar-refractivity contribution is -0.213. The summed E-state index contributed by atoms with van der Waals surface area (Å²) in [7, 11) is 0. The molecule has 1 N–H and O–H groups in total. The number of cyclic esters (lactones) is 1. The van der Waals surface area contributed by atoms with E-state index in [1.807, 2.05) is 91.0 Å². The molecule has 0 spiro atoms. The van der Waals surface area contributed by atoms with Crippen LogP contribution in [0.15, 0.2) is 91.0 Å². The number of nitrogens with one attached hydrogen (secondary N) is 1. The van der Waals surface area contributed by atoms with Crippen LogP contribution in [0.3, 0.4) is 0 Å². The Bertz CT molecular complexity index is 1090. The summed E-state index contributed by atoms with van der Waals surface area (Å²) in [5.74, 6) is -0.929. The van der Waals surface area contributed by atoms with E-state index < -0.39 is 30.3 Å². The summed E-state index contributed by atoms with van der Waals surface area (Å²) in [5.41, 5.74) is 2.92. The van der Waals surface area contributed by atoms with Gasteiger partial charge >= 0.3 is 5.97 Å². The van der Waals surface area contributed by atoms with Crippen molar-refractivity contribution >= 4 is 11.9 Å². The molecule has 3 aromatic rings. The minimum atomic E-state index is -1.00. The largest absolute Gasteiger partial charge is 0.455 e. The molecule has 4 rings (SSSR count). The second-order valence-corrected chi connectivity index (χ2v) is 8.68. The molecule has 7 nitrogen and oxygen atoms in total. The molecule has 188 valence electrons. The van der Waals surface area contributed by atoms with Crippen molar-refractivity contribution in [3.63, 3.8) is 0 Å². The molecular formula is C29H31NO6. The van der Waals surface area contributed by atoms with Gasteiger partial charge in [-0.2, -0.15) is 0 Å². The Balaban J connectivity index is 1.54. The normalized spacial score (nSPS) is 21.5. The summed E-state index contributed by atoms with van der Waals surface area (Å²) >= 11 is 0. The van der Waals surface area contributed by atoms with Gasteiger partial charge in [-0.3, -0.25) is 4.79 Å². The quantitative estimate of drug-likeness (QED) is 0.413. The SMILES string of the molecule is CC(=O)N[C@H]1C(=O)O[C@H](COCc2ccccc2)[C@H](OCc2ccccc2)[C@@H]1OCc1ccccc1. The highest BCUT2D eigenvalue weighted by molar-refractivity contribution is 5.84. The Morgan fingerprint density at radius 1 is 0.750 bits per heavy atom. The monoisotopic (exact) mass is 489 g/mol. The van der Waals surface area contributed by atoms with Gasteiger partial charge in [-0.25, -0.2) is 4.79 Å². The summed E-state index contributed by atoms with van der Waals surface area (Å²) < 4.78 is 24.2. The van der Waals surface area contributed by atoms with E-state index in [1.54, 1.807) is 0 Å². The van der Waals surface area contributed by atoms with E-state index >= 15 is 0 Å². The van der Waals surface area contributed by atoms with Crippen molar-refractivity contribution in [2.75, 3.05) is 6.61 Å². The third-order valence-corrected chi connectivity index (χ3v) is 5.86. The smallest absolute Gasteiger partial charge is 0.331 e. The third-order valence-electron chi connectivity index (χ3n) is 5.86. The Morgan fingerprint density at radius 2 is 1.22 bits per heavy atom. The van der Waals surface area contributed by atoms with E-state index in [2.05, 4.69) is 5.32 Å². The number of carbonyl (C=O) groups is 2. The molecule has 0 saturated carbocycles. The number of hydrogen-bond donors (Lipinski definition) is 1. The Labute approximate surface area is 211 Å². The third kappa shape index (κ3) is 7.24. The molecule has 7 heteroatoms. The van der Waals surface area contributed by atoms with E-state index in [9.17, 15) is 9.59 Å². The van der Waals surface area contributed by atoms with Crippen molar-refractivity contribution in [3.05, 3.63) is 108 Å². The summed E-state index contributed by atoms with van der Waals surface area (Å²) in [6.07, 6.45) is -2.15. The molecule has 1 fully saturated rings. The zero-order chi connectivity index (χ0) is 25.2. The van der Waals surface area contributed by atoms with Gasteiger partial charge in [0.15, 0.2) is 12.1 Å². The average Bonchev–Trinajstić information content (AvgIpc) is 2.90. The van der Waals surface area contributed by atoms with Crippen LogP contribution in [0.4, 0.5) is 0 Å². The summed E-state index contributed by atoms with van der Waals surface area (Å²) in [5, 5.41) is 2.69. The van der Waals surface area contributed by atoms with Gasteiger partial charge < -0.3 is 24.3 Å². The van der Waals surface area contributed by atoms with Gasteiger partial charge in [0, 0.05) is 6.92 Å². The number of ether oxygens (including phenoxy) is 4. The lowest BCUT2D eigenvalue weighted by Crippen LogP contribution is -2.63. The Hall–Kier alpha value is -3.52. The number of benzene rings is 3. The molecule has 36 heavy (non-hydrogen) atoms. The summed E-state index contributed by atoms with van der Waals surface area (Å²) in [6, 6.07) is 28.1. The fourth-order valence-corrected chi connectivity index (χ4v) is 4.11. The van der Waals surface area contributed by atoms with Crippen LogP contribution in [0.2, 0.25) is 0 Å². The van der Waals surface area contributed by atoms with Crippen LogP contribution in [0.25, 0.3) is 0 Å². The van der Waals surface area contributed by atoms with Crippen LogP contribution < -0.4 is 5.32 Å². The highest BCUT2D eigenvalue weighted by Gasteiger charge is 2.48. The van der Waals surface area contributed by atoms with Gasteiger partial charge in [-0.1, -0.05) is 91.0 Å². The molecule has 1 amide bonds. The van der Waals surface area contributed by atoms with Crippen molar-refractivity contribution in [1.29, 1.82) is 0 Å². The van der Waals surface area contributed by atoms with E-state index in [0.29, 0.717) is 6.61 Å². The van der Waals surface area contributed by atoms with E-state index in [1.165, 1.54) is 6.92 Å². The summed E-state index contributed by atoms with van der Waals surface area (Å²) in [4.78, 5) is 24.9. The standard InChI is InChI=1S/C29H31NO6/c1-21(31)30-26-28(35-19-24-15-9-4-10-16-24)27(34-18-23-13-7-3-8-14-23)25(36-29(26)32)20-33-17-22-11-5-2-6-12-22/h2-16,25-28H,17-20H2,1H3,(H,30,31)/t25-,26-,27+,28-/m1/s1. The van der Waals surface area contributed by atoms with Crippen LogP contribution in [0.5, 0.6) is 0 Å². The first-order valence-corrected chi connectivity index (χ1v) is 12.0. The molecule has 4 atom stereocenters. The van der Waals surface area contributed by atoms with Crippen molar-refractivity contribution < 1.29 is 28.5 Å². The molecule has 0 aromatic heterocycles. The average molecular weight is 490 g/mol. The van der Waals surface area contributed by atoms with Gasteiger partial charge in [0.1, 0.15) is 12.2 Å². The second kappa shape index (κ2) is 13.0. The summed E-state index contributed by atoms with van der Waals surface area (Å²) in [6.45, 7) is 2.38. The minimum absolute atomic E-state index is 0.123. The van der Waals surface area contributed by atoms with Crippen molar-refractivity contribution in [2.24, 2.45) is 0 Å². The van der Waals surface area contributed by atoms with Crippen molar-refractivity contribution in [2.45, 2.75) is 51.1 Å². The first kappa shape index (κ1) is 25.6. The second-order valence-electron chi connectivity index (χ2n) is 8.68. The zero-order valence-electron chi connectivity index (χ0n) is 20.2. The van der Waals surface area contributed by atoms with Crippen LogP contribution in [-0.4, -0.2) is 42.8 Å². The molecule has 1 aliphatic heterocycles. The van der Waals surface area contributed by atoms with Gasteiger partial charge in [-0.05, 0) is 16.7 Å². The minimum Gasteiger partial charge on any atom is -0.455 e. The highest BCUT2D eigenvalue weighted by atomic mass is 16.6. The predicted octanol–water partition coefficient (Wildman–Crippen LogP) is 3.80. The van der Waals surface area contributed by atoms with Gasteiger partial charge in [-0.15, -0.1) is 0 Å². The maximum Gasteiger partial charge on any atom is 0.331 e. The number of hydrogen-bond acceptors (Lipinski definition) is 6. The van der Waals surface area contributed by atoms with Crippen LogP contribution in [-0.2, 0) is 48.4 Å². The maximum absolute atomic E-state index is 13.0. The van der Waals surface area contributed by atoms with Gasteiger partial charge in [0.25, 0.3) is 0 Å². The van der Waals surface area contributed by atoms with E-state index in [4.69, 9.17) is 18.9 Å². The van der Waals surface area contributed by atoms with Gasteiger partial charge in [0.05, 0.1) is 26.4 Å². The molecule has 0 aliphatic carbocycles. The lowest BCUT2D eigenvalue weighted by atomic mass is 9.96. The van der Waals surface area contributed by atoms with Gasteiger partial charge in [0.2, 0.25) is 5.91 Å². The first-order chi connectivity index (χ1) is 17.6. The molecule has 1 saturated heterocycles. The first-order valence-electron chi connectivity index (χ1n) is 12.0. The zero-order valence-corrected chi connectivity index (χ0v) is 20.2. The van der Waals surface area contributed by atoms with E-state index in [-0.39, 0.29) is 25.7 Å². The number of amides is 1.